The van der Waals surface area contributed by atoms with Gasteiger partial charge in [-0.3, -0.25) is 14.9 Å². The van der Waals surface area contributed by atoms with Gasteiger partial charge in [0.25, 0.3) is 5.69 Å². The van der Waals surface area contributed by atoms with E-state index in [0.29, 0.717) is 0 Å². The van der Waals surface area contributed by atoms with Crippen LogP contribution < -0.4 is 5.73 Å². The highest BCUT2D eigenvalue weighted by Gasteiger charge is 2.44. The monoisotopic (exact) mass is 270 g/mol. The number of nitrogen functional groups attached to an aromatic ring is 1. The normalized spacial score (nSPS) is 13.9. The zero-order valence-electron chi connectivity index (χ0n) is 10.0. The fraction of sp³-hybridized carbons (Fsp3) is 0.364. The number of thioether (sulfide) groups is 1. The minimum Gasteiger partial charge on any atom is -0.480 e. The summed E-state index contributed by atoms with van der Waals surface area (Å²) >= 11 is 1.04. The number of carboxylic acids is 1. The molecule has 0 bridgehead atoms. The summed E-state index contributed by atoms with van der Waals surface area (Å²) in [5, 5.41) is 20.4. The van der Waals surface area contributed by atoms with Crippen molar-refractivity contribution in [3.05, 3.63) is 33.9 Å². The van der Waals surface area contributed by atoms with Crippen LogP contribution in [0.25, 0.3) is 0 Å². The molecule has 1 unspecified atom stereocenters. The van der Waals surface area contributed by atoms with Crippen LogP contribution in [0.4, 0.5) is 11.4 Å². The van der Waals surface area contributed by atoms with Crippen molar-refractivity contribution < 1.29 is 14.8 Å². The fourth-order valence-corrected chi connectivity index (χ4v) is 2.81. The Hall–Kier alpha value is -1.76. The topological polar surface area (TPSA) is 106 Å². The standard InChI is InChI=1S/C11H14N2O4S/c1-3-11(18-2,10(14)15)9-7(12)5-4-6-8(9)13(16)17/h4-6H,3,12H2,1-2H3,(H,14,15). The molecule has 0 aliphatic carbocycles. The Morgan fingerprint density at radius 2 is 2.22 bits per heavy atom. The van der Waals surface area contributed by atoms with Crippen LogP contribution in [-0.2, 0) is 9.54 Å². The van der Waals surface area contributed by atoms with Crippen LogP contribution in [0.5, 0.6) is 0 Å². The molecule has 0 amide bonds. The Bertz CT molecular complexity index is 486. The Labute approximate surface area is 108 Å². The first-order valence-electron chi connectivity index (χ1n) is 5.22. The quantitative estimate of drug-likeness (QED) is 0.482. The maximum absolute atomic E-state index is 11.5. The first-order chi connectivity index (χ1) is 8.40. The number of benzene rings is 1. The average Bonchev–Trinajstić information content (AvgIpc) is 2.32. The van der Waals surface area contributed by atoms with Crippen LogP contribution in [0.15, 0.2) is 18.2 Å². The predicted molar refractivity (Wildman–Crippen MR) is 70.6 cm³/mol. The van der Waals surface area contributed by atoms with Crippen molar-refractivity contribution in [1.82, 2.24) is 0 Å². The highest BCUT2D eigenvalue weighted by Crippen LogP contribution is 2.45. The lowest BCUT2D eigenvalue weighted by molar-refractivity contribution is -0.385. The number of aliphatic carboxylic acids is 1. The summed E-state index contributed by atoms with van der Waals surface area (Å²) in [6.45, 7) is 1.67. The van der Waals surface area contributed by atoms with Crippen molar-refractivity contribution in [3.63, 3.8) is 0 Å². The molecule has 6 nitrogen and oxygen atoms in total. The molecule has 1 atom stereocenters. The van der Waals surface area contributed by atoms with E-state index in [1.165, 1.54) is 18.2 Å². The summed E-state index contributed by atoms with van der Waals surface area (Å²) in [6.07, 6.45) is 1.81. The number of nitrogens with zero attached hydrogens (tertiary/aromatic N) is 1. The molecule has 18 heavy (non-hydrogen) atoms. The fourth-order valence-electron chi connectivity index (χ4n) is 1.92. The summed E-state index contributed by atoms with van der Waals surface area (Å²) in [5.41, 5.74) is 5.69. The number of nitrogens with two attached hydrogens (primary N) is 1. The lowest BCUT2D eigenvalue weighted by atomic mass is 9.92. The SMILES string of the molecule is CCC(SC)(C(=O)O)c1c(N)cccc1[N+](=O)[O-]. The third kappa shape index (κ3) is 2.13. The van der Waals surface area contributed by atoms with Crippen molar-refractivity contribution in [3.8, 4) is 0 Å². The van der Waals surface area contributed by atoms with Gasteiger partial charge >= 0.3 is 5.97 Å². The average molecular weight is 270 g/mol. The zero-order chi connectivity index (χ0) is 13.9. The number of hydrogen-bond acceptors (Lipinski definition) is 5. The zero-order valence-corrected chi connectivity index (χ0v) is 10.9. The van der Waals surface area contributed by atoms with Gasteiger partial charge in [0.1, 0.15) is 4.75 Å². The minimum absolute atomic E-state index is 0.0671. The van der Waals surface area contributed by atoms with E-state index in [2.05, 4.69) is 0 Å². The van der Waals surface area contributed by atoms with Gasteiger partial charge in [-0.2, -0.15) is 0 Å². The highest BCUT2D eigenvalue weighted by molar-refractivity contribution is 8.00. The minimum atomic E-state index is -1.40. The van der Waals surface area contributed by atoms with E-state index >= 15 is 0 Å². The van der Waals surface area contributed by atoms with E-state index in [1.807, 2.05) is 0 Å². The van der Waals surface area contributed by atoms with Crippen molar-refractivity contribution in [2.24, 2.45) is 0 Å². The number of hydrogen-bond donors (Lipinski definition) is 2. The molecule has 1 aromatic rings. The van der Waals surface area contributed by atoms with E-state index in [0.717, 1.165) is 11.8 Å². The molecule has 0 aliphatic heterocycles. The van der Waals surface area contributed by atoms with E-state index < -0.39 is 15.6 Å². The summed E-state index contributed by atoms with van der Waals surface area (Å²) < 4.78 is -1.40. The Kier molecular flexibility index (Phi) is 4.18. The molecule has 3 N–H and O–H groups in total. The molecule has 98 valence electrons. The smallest absolute Gasteiger partial charge is 0.324 e. The lowest BCUT2D eigenvalue weighted by Crippen LogP contribution is -2.33. The summed E-state index contributed by atoms with van der Waals surface area (Å²) in [5.74, 6) is -1.13. The number of carboxylic acid groups (broad SMARTS) is 1. The summed E-state index contributed by atoms with van der Waals surface area (Å²) in [6, 6.07) is 4.20. The Morgan fingerprint density at radius 1 is 1.61 bits per heavy atom. The molecule has 0 spiro atoms. The summed E-state index contributed by atoms with van der Waals surface area (Å²) in [4.78, 5) is 21.9. The number of nitro groups is 1. The molecular weight excluding hydrogens is 256 g/mol. The number of carbonyl (C=O) groups is 1. The molecule has 0 saturated heterocycles. The van der Waals surface area contributed by atoms with Crippen molar-refractivity contribution >= 4 is 29.1 Å². The highest BCUT2D eigenvalue weighted by atomic mass is 32.2. The molecular formula is C11H14N2O4S. The van der Waals surface area contributed by atoms with Crippen molar-refractivity contribution in [1.29, 1.82) is 0 Å². The molecule has 0 radical (unpaired) electrons. The maximum Gasteiger partial charge on any atom is 0.324 e. The van der Waals surface area contributed by atoms with E-state index in [1.54, 1.807) is 13.2 Å². The van der Waals surface area contributed by atoms with Crippen LogP contribution in [-0.4, -0.2) is 22.3 Å². The van der Waals surface area contributed by atoms with E-state index in [4.69, 9.17) is 5.73 Å². The van der Waals surface area contributed by atoms with Gasteiger partial charge in [0.15, 0.2) is 0 Å². The first kappa shape index (κ1) is 14.3. The molecule has 0 aliphatic rings. The third-order valence-electron chi connectivity index (χ3n) is 2.87. The molecule has 0 fully saturated rings. The van der Waals surface area contributed by atoms with Gasteiger partial charge in [0.2, 0.25) is 0 Å². The Balaban J connectivity index is 3.65. The second-order valence-corrected chi connectivity index (χ2v) is 4.79. The van der Waals surface area contributed by atoms with Gasteiger partial charge in [0.05, 0.1) is 10.5 Å². The van der Waals surface area contributed by atoms with E-state index in [-0.39, 0.29) is 23.4 Å². The van der Waals surface area contributed by atoms with Crippen LogP contribution in [0, 0.1) is 10.1 Å². The molecule has 0 heterocycles. The van der Waals surface area contributed by atoms with Gasteiger partial charge in [-0.1, -0.05) is 13.0 Å². The molecule has 1 rings (SSSR count). The molecule has 0 saturated carbocycles. The third-order valence-corrected chi connectivity index (χ3v) is 4.23. The maximum atomic E-state index is 11.5. The van der Waals surface area contributed by atoms with Gasteiger partial charge in [-0.25, -0.2) is 0 Å². The van der Waals surface area contributed by atoms with Crippen molar-refractivity contribution in [2.45, 2.75) is 18.1 Å². The van der Waals surface area contributed by atoms with Crippen LogP contribution in [0.1, 0.15) is 18.9 Å². The van der Waals surface area contributed by atoms with Gasteiger partial charge in [-0.05, 0) is 18.7 Å². The molecule has 1 aromatic carbocycles. The number of rotatable bonds is 5. The molecule has 7 heteroatoms. The van der Waals surface area contributed by atoms with Crippen LogP contribution in [0.3, 0.4) is 0 Å². The largest absolute Gasteiger partial charge is 0.480 e. The first-order valence-corrected chi connectivity index (χ1v) is 6.45. The number of anilines is 1. The summed E-state index contributed by atoms with van der Waals surface area (Å²) in [7, 11) is 0. The predicted octanol–water partition coefficient (Wildman–Crippen LogP) is 2.23. The second kappa shape index (κ2) is 5.26. The number of nitro benzene ring substituents is 1. The van der Waals surface area contributed by atoms with E-state index in [9.17, 15) is 20.0 Å². The lowest BCUT2D eigenvalue weighted by Gasteiger charge is -2.27. The van der Waals surface area contributed by atoms with Crippen LogP contribution >= 0.6 is 11.8 Å². The van der Waals surface area contributed by atoms with Crippen molar-refractivity contribution in [2.75, 3.05) is 12.0 Å². The van der Waals surface area contributed by atoms with Gasteiger partial charge < -0.3 is 10.8 Å². The second-order valence-electron chi connectivity index (χ2n) is 3.69. The van der Waals surface area contributed by atoms with Gasteiger partial charge in [-0.15, -0.1) is 11.8 Å². The Morgan fingerprint density at radius 3 is 2.61 bits per heavy atom. The molecule has 0 aromatic heterocycles. The van der Waals surface area contributed by atoms with Gasteiger partial charge in [0, 0.05) is 11.8 Å². The van der Waals surface area contributed by atoms with Crippen LogP contribution in [0.2, 0.25) is 0 Å².